The third-order valence-electron chi connectivity index (χ3n) is 2.89. The molecule has 0 saturated carbocycles. The summed E-state index contributed by atoms with van der Waals surface area (Å²) in [7, 11) is 0. The van der Waals surface area contributed by atoms with Gasteiger partial charge in [0.2, 0.25) is 0 Å². The van der Waals surface area contributed by atoms with Gasteiger partial charge in [0.25, 0.3) is 5.91 Å². The van der Waals surface area contributed by atoms with Crippen molar-refractivity contribution in [1.82, 2.24) is 5.32 Å². The number of rotatable bonds is 9. The number of carbonyl (C=O) groups excluding carboxylic acids is 1. The van der Waals surface area contributed by atoms with Crippen LogP contribution >= 0.6 is 11.8 Å². The molecule has 1 unspecified atom stereocenters. The van der Waals surface area contributed by atoms with Crippen LogP contribution in [0.25, 0.3) is 0 Å². The first-order valence-corrected chi connectivity index (χ1v) is 8.72. The number of hydrogen-bond acceptors (Lipinski definition) is 5. The molecule has 1 aromatic rings. The molecule has 5 nitrogen and oxygen atoms in total. The molecule has 0 aliphatic heterocycles. The highest BCUT2D eigenvalue weighted by atomic mass is 32.2. The van der Waals surface area contributed by atoms with Gasteiger partial charge in [-0.2, -0.15) is 11.8 Å². The van der Waals surface area contributed by atoms with Crippen molar-refractivity contribution >= 4 is 17.7 Å². The van der Waals surface area contributed by atoms with Crippen molar-refractivity contribution < 1.29 is 19.4 Å². The average molecular weight is 327 g/mol. The molecular formula is C16H25NO4S. The van der Waals surface area contributed by atoms with E-state index in [1.54, 1.807) is 25.1 Å². The van der Waals surface area contributed by atoms with Crippen molar-refractivity contribution in [3.05, 3.63) is 23.8 Å². The number of carbonyl (C=O) groups is 1. The van der Waals surface area contributed by atoms with Crippen LogP contribution in [0, 0.1) is 0 Å². The molecule has 22 heavy (non-hydrogen) atoms. The normalized spacial score (nSPS) is 13.3. The molecule has 1 amide bonds. The topological polar surface area (TPSA) is 67.8 Å². The van der Waals surface area contributed by atoms with Crippen molar-refractivity contribution in [3.8, 4) is 11.5 Å². The lowest BCUT2D eigenvalue weighted by atomic mass is 10.1. The van der Waals surface area contributed by atoms with E-state index in [1.165, 1.54) is 11.8 Å². The lowest BCUT2D eigenvalue weighted by Gasteiger charge is -2.22. The zero-order chi connectivity index (χ0) is 16.6. The Balaban J connectivity index is 2.78. The fraction of sp³-hybridized carbons (Fsp3) is 0.562. The van der Waals surface area contributed by atoms with Crippen LogP contribution in [0.5, 0.6) is 11.5 Å². The van der Waals surface area contributed by atoms with E-state index in [0.717, 1.165) is 0 Å². The van der Waals surface area contributed by atoms with Crippen LogP contribution in [0.1, 0.15) is 31.1 Å². The molecule has 6 heteroatoms. The maximum atomic E-state index is 12.2. The molecule has 0 saturated heterocycles. The third kappa shape index (κ3) is 5.77. The van der Waals surface area contributed by atoms with Crippen molar-refractivity contribution in [2.75, 3.05) is 31.8 Å². The maximum absolute atomic E-state index is 12.2. The number of ether oxygens (including phenoxy) is 2. The minimum Gasteiger partial charge on any atom is -0.490 e. The first-order chi connectivity index (χ1) is 10.4. The summed E-state index contributed by atoms with van der Waals surface area (Å²) in [5.74, 6) is 1.48. The van der Waals surface area contributed by atoms with Gasteiger partial charge in [0.05, 0.1) is 18.8 Å². The summed E-state index contributed by atoms with van der Waals surface area (Å²) in [6.45, 7) is 6.69. The van der Waals surface area contributed by atoms with E-state index >= 15 is 0 Å². The highest BCUT2D eigenvalue weighted by Crippen LogP contribution is 2.28. The second kappa shape index (κ2) is 8.90. The number of nitrogens with one attached hydrogen (secondary N) is 1. The van der Waals surface area contributed by atoms with Crippen molar-refractivity contribution in [1.29, 1.82) is 0 Å². The molecule has 1 atom stereocenters. The molecule has 2 N–H and O–H groups in total. The van der Waals surface area contributed by atoms with E-state index in [0.29, 0.717) is 36.0 Å². The Morgan fingerprint density at radius 3 is 2.50 bits per heavy atom. The van der Waals surface area contributed by atoms with E-state index < -0.39 is 5.60 Å². The average Bonchev–Trinajstić information content (AvgIpc) is 2.47. The van der Waals surface area contributed by atoms with Gasteiger partial charge in [-0.05, 0) is 45.2 Å². The van der Waals surface area contributed by atoms with Gasteiger partial charge < -0.3 is 19.9 Å². The molecule has 0 aliphatic carbocycles. The van der Waals surface area contributed by atoms with E-state index in [2.05, 4.69) is 5.32 Å². The zero-order valence-corrected chi connectivity index (χ0v) is 14.5. The number of aliphatic hydroxyl groups is 1. The fourth-order valence-corrected chi connectivity index (χ4v) is 2.65. The summed E-state index contributed by atoms with van der Waals surface area (Å²) in [5, 5.41) is 12.8. The number of hydrogen-bond donors (Lipinski definition) is 2. The second-order valence-corrected chi connectivity index (χ2v) is 6.01. The van der Waals surface area contributed by atoms with Crippen LogP contribution in [0.15, 0.2) is 18.2 Å². The van der Waals surface area contributed by atoms with Crippen LogP contribution in [-0.2, 0) is 0 Å². The largest absolute Gasteiger partial charge is 0.490 e. The lowest BCUT2D eigenvalue weighted by Crippen LogP contribution is -2.42. The second-order valence-electron chi connectivity index (χ2n) is 5.14. The molecule has 0 heterocycles. The van der Waals surface area contributed by atoms with E-state index in [4.69, 9.17) is 9.47 Å². The molecule has 1 aromatic carbocycles. The first kappa shape index (κ1) is 18.6. The summed E-state index contributed by atoms with van der Waals surface area (Å²) >= 11 is 1.53. The summed E-state index contributed by atoms with van der Waals surface area (Å²) < 4.78 is 11.0. The van der Waals surface area contributed by atoms with Gasteiger partial charge >= 0.3 is 0 Å². The Hall–Kier alpha value is -1.40. The van der Waals surface area contributed by atoms with Crippen LogP contribution in [-0.4, -0.2) is 48.4 Å². The van der Waals surface area contributed by atoms with Crippen molar-refractivity contribution in [2.24, 2.45) is 0 Å². The molecule has 0 aromatic heterocycles. The third-order valence-corrected chi connectivity index (χ3v) is 3.80. The SMILES string of the molecule is CCOc1ccc(C(=O)NCC(C)(O)CSC)cc1OCC. The minimum atomic E-state index is -0.927. The van der Waals surface area contributed by atoms with E-state index in [1.807, 2.05) is 20.1 Å². The molecule has 0 spiro atoms. The number of thioether (sulfide) groups is 1. The smallest absolute Gasteiger partial charge is 0.251 e. The standard InChI is InChI=1S/C16H25NO4S/c1-5-20-13-8-7-12(9-14(13)21-6-2)15(18)17-10-16(3,19)11-22-4/h7-9,19H,5-6,10-11H2,1-4H3,(H,17,18). The van der Waals surface area contributed by atoms with Gasteiger partial charge in [-0.25, -0.2) is 0 Å². The predicted octanol–water partition coefficient (Wildman–Crippen LogP) is 2.33. The van der Waals surface area contributed by atoms with Gasteiger partial charge in [-0.1, -0.05) is 0 Å². The van der Waals surface area contributed by atoms with Gasteiger partial charge in [0.1, 0.15) is 0 Å². The quantitative estimate of drug-likeness (QED) is 0.728. The Morgan fingerprint density at radius 2 is 1.91 bits per heavy atom. The van der Waals surface area contributed by atoms with Crippen LogP contribution in [0.3, 0.4) is 0 Å². The number of benzene rings is 1. The number of amides is 1. The van der Waals surface area contributed by atoms with Gasteiger partial charge in [-0.15, -0.1) is 0 Å². The van der Waals surface area contributed by atoms with E-state index in [9.17, 15) is 9.90 Å². The molecule has 0 aliphatic rings. The molecular weight excluding hydrogens is 302 g/mol. The van der Waals surface area contributed by atoms with Crippen molar-refractivity contribution in [2.45, 2.75) is 26.4 Å². The summed E-state index contributed by atoms with van der Waals surface area (Å²) in [6.07, 6.45) is 1.91. The van der Waals surface area contributed by atoms with Gasteiger partial charge in [0.15, 0.2) is 11.5 Å². The van der Waals surface area contributed by atoms with Crippen LogP contribution in [0.4, 0.5) is 0 Å². The van der Waals surface area contributed by atoms with Gasteiger partial charge in [0, 0.05) is 17.9 Å². The molecule has 0 fully saturated rings. The fourth-order valence-electron chi connectivity index (χ4n) is 1.93. The van der Waals surface area contributed by atoms with E-state index in [-0.39, 0.29) is 12.5 Å². The molecule has 1 rings (SSSR count). The predicted molar refractivity (Wildman–Crippen MR) is 90.1 cm³/mol. The minimum absolute atomic E-state index is 0.198. The Labute approximate surface area is 136 Å². The summed E-state index contributed by atoms with van der Waals surface area (Å²) in [6, 6.07) is 5.07. The first-order valence-electron chi connectivity index (χ1n) is 7.32. The zero-order valence-electron chi connectivity index (χ0n) is 13.6. The lowest BCUT2D eigenvalue weighted by molar-refractivity contribution is 0.0725. The van der Waals surface area contributed by atoms with Gasteiger partial charge in [-0.3, -0.25) is 4.79 Å². The van der Waals surface area contributed by atoms with Crippen molar-refractivity contribution in [3.63, 3.8) is 0 Å². The summed E-state index contributed by atoms with van der Waals surface area (Å²) in [5.41, 5.74) is -0.449. The van der Waals surface area contributed by atoms with Crippen LogP contribution < -0.4 is 14.8 Å². The highest BCUT2D eigenvalue weighted by molar-refractivity contribution is 7.98. The highest BCUT2D eigenvalue weighted by Gasteiger charge is 2.21. The monoisotopic (exact) mass is 327 g/mol. The van der Waals surface area contributed by atoms with Crippen LogP contribution in [0.2, 0.25) is 0 Å². The molecule has 0 bridgehead atoms. The summed E-state index contributed by atoms with van der Waals surface area (Å²) in [4.78, 5) is 12.2. The maximum Gasteiger partial charge on any atom is 0.251 e. The Morgan fingerprint density at radius 1 is 1.27 bits per heavy atom. The molecule has 124 valence electrons. The molecule has 0 radical (unpaired) electrons. The Kier molecular flexibility index (Phi) is 7.55. The Bertz CT molecular complexity index is 491.